The molecule has 9 N–H and O–H groups in total. The number of carbonyl (C=O) groups is 1. The van der Waals surface area contributed by atoms with Crippen molar-refractivity contribution in [1.82, 2.24) is 5.32 Å². The molecule has 0 aromatic heterocycles. The first kappa shape index (κ1) is 43.2. The van der Waals surface area contributed by atoms with Gasteiger partial charge in [0.2, 0.25) is 5.91 Å². The molecule has 0 aromatic rings. The Balaban J connectivity index is 1.84. The van der Waals surface area contributed by atoms with Crippen molar-refractivity contribution in [2.75, 3.05) is 19.8 Å². The summed E-state index contributed by atoms with van der Waals surface area (Å²) in [5, 5.41) is 85.3. The van der Waals surface area contributed by atoms with Gasteiger partial charge in [0.05, 0.1) is 32.0 Å². The average molecular weight is 696 g/mol. The number of nitrogens with one attached hydrogen (secondary N) is 1. The lowest BCUT2D eigenvalue weighted by atomic mass is 9.97. The zero-order chi connectivity index (χ0) is 35.5. The van der Waals surface area contributed by atoms with E-state index in [1.165, 1.54) is 57.8 Å². The normalized spacial score (nSPS) is 32.2. The molecule has 2 aliphatic rings. The van der Waals surface area contributed by atoms with Gasteiger partial charge in [0.15, 0.2) is 12.6 Å². The largest absolute Gasteiger partial charge is 0.394 e. The molecular weight excluding hydrogens is 630 g/mol. The quantitative estimate of drug-likeness (QED) is 0.0602. The number of amides is 1. The van der Waals surface area contributed by atoms with Gasteiger partial charge in [0.25, 0.3) is 0 Å². The van der Waals surface area contributed by atoms with E-state index >= 15 is 0 Å². The standard InChI is InChI=1S/C34H65NO13/c1-3-5-6-7-8-9-10-11-12-13-14-15-16-18-23(38)22(35-26(39)17-4-2)21-45-33-31(44)29(42)32(25(20-37)47-33)48-34-30(43)28(41)27(40)24(19-36)46-34/h22-25,27-34,36-38,40-44H,3-21H2,1-2H3,(H,35,39). The van der Waals surface area contributed by atoms with E-state index in [4.69, 9.17) is 18.9 Å². The number of hydrogen-bond acceptors (Lipinski definition) is 13. The Hall–Kier alpha value is -1.01. The van der Waals surface area contributed by atoms with Gasteiger partial charge in [0, 0.05) is 6.42 Å². The van der Waals surface area contributed by atoms with Crippen LogP contribution in [0.4, 0.5) is 0 Å². The van der Waals surface area contributed by atoms with Crippen molar-refractivity contribution in [3.63, 3.8) is 0 Å². The lowest BCUT2D eigenvalue weighted by Crippen LogP contribution is -2.65. The molecule has 2 aliphatic heterocycles. The smallest absolute Gasteiger partial charge is 0.220 e. The third-order valence-electron chi connectivity index (χ3n) is 9.29. The van der Waals surface area contributed by atoms with Crippen molar-refractivity contribution in [1.29, 1.82) is 0 Å². The highest BCUT2D eigenvalue weighted by Crippen LogP contribution is 2.30. The molecule has 2 saturated heterocycles. The molecule has 0 aromatic carbocycles. The first-order chi connectivity index (χ1) is 23.1. The molecule has 0 bridgehead atoms. The minimum absolute atomic E-state index is 0.250. The van der Waals surface area contributed by atoms with Crippen LogP contribution in [-0.4, -0.2) is 140 Å². The van der Waals surface area contributed by atoms with Crippen LogP contribution >= 0.6 is 0 Å². The summed E-state index contributed by atoms with van der Waals surface area (Å²) in [5.74, 6) is -0.262. The molecule has 1 amide bonds. The maximum atomic E-state index is 12.4. The van der Waals surface area contributed by atoms with E-state index in [1.54, 1.807) is 0 Å². The minimum atomic E-state index is -1.77. The van der Waals surface area contributed by atoms with Crippen LogP contribution in [-0.2, 0) is 23.7 Å². The molecule has 0 aliphatic carbocycles. The van der Waals surface area contributed by atoms with Crippen LogP contribution in [0.2, 0.25) is 0 Å². The summed E-state index contributed by atoms with van der Waals surface area (Å²) in [6, 6.07) is -0.815. The number of aliphatic hydroxyl groups excluding tert-OH is 8. The fourth-order valence-electron chi connectivity index (χ4n) is 6.22. The molecular formula is C34H65NO13. The molecule has 0 spiro atoms. The van der Waals surface area contributed by atoms with Crippen LogP contribution in [0.3, 0.4) is 0 Å². The number of hydrogen-bond donors (Lipinski definition) is 9. The van der Waals surface area contributed by atoms with Crippen molar-refractivity contribution in [2.45, 2.75) is 190 Å². The molecule has 2 rings (SSSR count). The maximum absolute atomic E-state index is 12.4. The summed E-state index contributed by atoms with van der Waals surface area (Å²) in [5.41, 5.74) is 0. The topological polar surface area (TPSA) is 228 Å². The Kier molecular flexibility index (Phi) is 21.8. The van der Waals surface area contributed by atoms with Gasteiger partial charge in [-0.2, -0.15) is 0 Å². The Morgan fingerprint density at radius 3 is 1.73 bits per heavy atom. The second-order valence-electron chi connectivity index (χ2n) is 13.4. The van der Waals surface area contributed by atoms with Crippen molar-refractivity contribution in [2.24, 2.45) is 0 Å². The van der Waals surface area contributed by atoms with Crippen molar-refractivity contribution in [3.05, 3.63) is 0 Å². The molecule has 2 fully saturated rings. The Morgan fingerprint density at radius 1 is 0.667 bits per heavy atom. The van der Waals surface area contributed by atoms with E-state index in [9.17, 15) is 45.6 Å². The molecule has 14 nitrogen and oxygen atoms in total. The minimum Gasteiger partial charge on any atom is -0.394 e. The predicted octanol–water partition coefficient (Wildman–Crippen LogP) is 0.754. The van der Waals surface area contributed by atoms with Crippen LogP contribution in [0.25, 0.3) is 0 Å². The summed E-state index contributed by atoms with van der Waals surface area (Å²) in [6.45, 7) is 2.44. The number of rotatable bonds is 25. The lowest BCUT2D eigenvalue weighted by Gasteiger charge is -2.46. The van der Waals surface area contributed by atoms with Crippen LogP contribution in [0.5, 0.6) is 0 Å². The zero-order valence-corrected chi connectivity index (χ0v) is 29.0. The van der Waals surface area contributed by atoms with Gasteiger partial charge >= 0.3 is 0 Å². The maximum Gasteiger partial charge on any atom is 0.220 e. The SMILES string of the molecule is CCCCCCCCCCCCCCCC(O)C(COC1OC(CO)C(OC2OC(CO)C(O)C(O)C2O)C(O)C1O)NC(=O)CCC. The number of ether oxygens (including phenoxy) is 4. The molecule has 0 saturated carbocycles. The molecule has 2 heterocycles. The van der Waals surface area contributed by atoms with Gasteiger partial charge in [-0.15, -0.1) is 0 Å². The summed E-state index contributed by atoms with van der Waals surface area (Å²) < 4.78 is 22.3. The van der Waals surface area contributed by atoms with E-state index in [-0.39, 0.29) is 18.9 Å². The van der Waals surface area contributed by atoms with Crippen LogP contribution in [0.15, 0.2) is 0 Å². The fraction of sp³-hybridized carbons (Fsp3) is 0.971. The van der Waals surface area contributed by atoms with Gasteiger partial charge in [-0.05, 0) is 12.8 Å². The highest BCUT2D eigenvalue weighted by Gasteiger charge is 2.50. The Bertz CT molecular complexity index is 837. The van der Waals surface area contributed by atoms with Crippen molar-refractivity contribution >= 4 is 5.91 Å². The highest BCUT2D eigenvalue weighted by molar-refractivity contribution is 5.76. The van der Waals surface area contributed by atoms with E-state index in [2.05, 4.69) is 12.2 Å². The molecule has 0 radical (unpaired) electrons. The summed E-state index contributed by atoms with van der Waals surface area (Å²) in [6.07, 6.45) is 0.265. The monoisotopic (exact) mass is 695 g/mol. The lowest BCUT2D eigenvalue weighted by molar-refractivity contribution is -0.359. The van der Waals surface area contributed by atoms with E-state index < -0.39 is 86.8 Å². The van der Waals surface area contributed by atoms with Gasteiger partial charge in [-0.3, -0.25) is 4.79 Å². The second-order valence-corrected chi connectivity index (χ2v) is 13.4. The molecule has 12 unspecified atom stereocenters. The Labute approximate surface area is 285 Å². The number of unbranched alkanes of at least 4 members (excludes halogenated alkanes) is 12. The number of aliphatic hydroxyl groups is 8. The van der Waals surface area contributed by atoms with E-state index in [1.807, 2.05) is 6.92 Å². The van der Waals surface area contributed by atoms with Crippen LogP contribution in [0.1, 0.15) is 117 Å². The first-order valence-electron chi connectivity index (χ1n) is 18.3. The van der Waals surface area contributed by atoms with E-state index in [0.717, 1.165) is 25.7 Å². The summed E-state index contributed by atoms with van der Waals surface area (Å²) in [4.78, 5) is 12.4. The predicted molar refractivity (Wildman–Crippen MR) is 176 cm³/mol. The third kappa shape index (κ3) is 14.3. The van der Waals surface area contributed by atoms with Gasteiger partial charge in [0.1, 0.15) is 48.8 Å². The Morgan fingerprint density at radius 2 is 1.19 bits per heavy atom. The molecule has 14 heteroatoms. The molecule has 48 heavy (non-hydrogen) atoms. The summed E-state index contributed by atoms with van der Waals surface area (Å²) in [7, 11) is 0. The highest BCUT2D eigenvalue weighted by atomic mass is 16.7. The molecule has 12 atom stereocenters. The van der Waals surface area contributed by atoms with Crippen LogP contribution < -0.4 is 5.32 Å². The second kappa shape index (κ2) is 24.2. The van der Waals surface area contributed by atoms with Gasteiger partial charge in [-0.1, -0.05) is 97.3 Å². The first-order valence-corrected chi connectivity index (χ1v) is 18.3. The third-order valence-corrected chi connectivity index (χ3v) is 9.29. The number of carbonyl (C=O) groups excluding carboxylic acids is 1. The van der Waals surface area contributed by atoms with Gasteiger partial charge in [-0.25, -0.2) is 0 Å². The van der Waals surface area contributed by atoms with Gasteiger partial charge < -0.3 is 65.1 Å². The van der Waals surface area contributed by atoms with Crippen molar-refractivity contribution in [3.8, 4) is 0 Å². The van der Waals surface area contributed by atoms with Crippen molar-refractivity contribution < 1.29 is 64.6 Å². The average Bonchev–Trinajstić information content (AvgIpc) is 3.07. The molecule has 284 valence electrons. The zero-order valence-electron chi connectivity index (χ0n) is 29.0. The van der Waals surface area contributed by atoms with E-state index in [0.29, 0.717) is 12.8 Å². The summed E-state index contributed by atoms with van der Waals surface area (Å²) >= 11 is 0. The van der Waals surface area contributed by atoms with Crippen LogP contribution in [0, 0.1) is 0 Å². The fourth-order valence-corrected chi connectivity index (χ4v) is 6.22.